The number of aromatic nitrogens is 1. The van der Waals surface area contributed by atoms with Gasteiger partial charge in [0.2, 0.25) is 0 Å². The summed E-state index contributed by atoms with van der Waals surface area (Å²) in [5.41, 5.74) is -3.24. The molecule has 4 aromatic rings. The Hall–Kier alpha value is -4.11. The molecule has 1 unspecified atom stereocenters. The van der Waals surface area contributed by atoms with Gasteiger partial charge in [-0.05, 0) is 54.3 Å². The molecule has 0 fully saturated rings. The summed E-state index contributed by atoms with van der Waals surface area (Å²) in [6, 6.07) is 22.3. The third-order valence-electron chi connectivity index (χ3n) is 6.92. The first kappa shape index (κ1) is 28.9. The molecule has 3 aromatic carbocycles. The van der Waals surface area contributed by atoms with Crippen molar-refractivity contribution < 1.29 is 31.5 Å². The molecule has 0 aliphatic heterocycles. The van der Waals surface area contributed by atoms with Crippen LogP contribution in [-0.4, -0.2) is 30.7 Å². The van der Waals surface area contributed by atoms with E-state index in [1.54, 1.807) is 43.3 Å². The van der Waals surface area contributed by atoms with Crippen LogP contribution in [0.25, 0.3) is 0 Å². The lowest BCUT2D eigenvalue weighted by atomic mass is 9.72. The summed E-state index contributed by atoms with van der Waals surface area (Å²) < 4.78 is 77.4. The Balaban J connectivity index is 1.89. The van der Waals surface area contributed by atoms with Crippen LogP contribution in [0.5, 0.6) is 0 Å². The monoisotopic (exact) mass is 554 g/mol. The van der Waals surface area contributed by atoms with Gasteiger partial charge in [0, 0.05) is 19.2 Å². The normalized spacial score (nSPS) is 14.7. The van der Waals surface area contributed by atoms with Gasteiger partial charge >= 0.3 is 6.18 Å². The number of aryl methyl sites for hydroxylation is 1. The lowest BCUT2D eigenvalue weighted by molar-refractivity contribution is -0.265. The minimum absolute atomic E-state index is 0.104. The maximum Gasteiger partial charge on any atom is 0.430 e. The fraction of sp³-hybridized carbons (Fsp3) is 0.226. The SMILES string of the molecule is COC(C(=O)NC[C@](Cc1ccccc1)(c1cc(C)cc(F)c1)c1ccc(F)cn1)(c1ccccc1)C(F)(F)F. The number of rotatable bonds is 9. The number of methoxy groups -OCH3 is 1. The Morgan fingerprint density at radius 3 is 2.05 bits per heavy atom. The third-order valence-corrected chi connectivity index (χ3v) is 6.92. The van der Waals surface area contributed by atoms with Crippen molar-refractivity contribution in [2.45, 2.75) is 30.5 Å². The van der Waals surface area contributed by atoms with Gasteiger partial charge in [-0.25, -0.2) is 8.78 Å². The summed E-state index contributed by atoms with van der Waals surface area (Å²) in [5.74, 6) is -2.66. The molecule has 0 aliphatic carbocycles. The summed E-state index contributed by atoms with van der Waals surface area (Å²) in [6.07, 6.45) is -4.05. The van der Waals surface area contributed by atoms with E-state index in [1.165, 1.54) is 36.4 Å². The number of carbonyl (C=O) groups is 1. The average Bonchev–Trinajstić information content (AvgIpc) is 2.92. The molecule has 208 valence electrons. The highest BCUT2D eigenvalue weighted by Gasteiger charge is 2.62. The van der Waals surface area contributed by atoms with Crippen molar-refractivity contribution >= 4 is 5.91 Å². The van der Waals surface area contributed by atoms with E-state index < -0.39 is 46.8 Å². The molecule has 4 rings (SSSR count). The Morgan fingerprint density at radius 2 is 1.50 bits per heavy atom. The molecule has 0 bridgehead atoms. The van der Waals surface area contributed by atoms with Gasteiger partial charge < -0.3 is 10.1 Å². The number of nitrogens with one attached hydrogen (secondary N) is 1. The van der Waals surface area contributed by atoms with E-state index in [0.717, 1.165) is 37.1 Å². The standard InChI is InChI=1S/C31H27F5N2O2/c1-21-15-24(17-26(33)16-21)29(18-22-9-5-3-6-10-22,27-14-13-25(32)19-37-27)20-38-28(39)30(40-2,31(34,35)36)23-11-7-4-8-12-23/h3-17,19H,18,20H2,1-2H3,(H,38,39)/t29-,30?/m1/s1. The molecule has 1 heterocycles. The summed E-state index contributed by atoms with van der Waals surface area (Å²) in [7, 11) is 0.814. The van der Waals surface area contributed by atoms with Crippen LogP contribution < -0.4 is 5.32 Å². The Morgan fingerprint density at radius 1 is 0.850 bits per heavy atom. The highest BCUT2D eigenvalue weighted by molar-refractivity contribution is 5.88. The molecule has 1 amide bonds. The van der Waals surface area contributed by atoms with Crippen LogP contribution in [0.1, 0.15) is 27.9 Å². The van der Waals surface area contributed by atoms with Crippen LogP contribution in [0, 0.1) is 18.6 Å². The highest BCUT2D eigenvalue weighted by Crippen LogP contribution is 2.43. The van der Waals surface area contributed by atoms with E-state index >= 15 is 0 Å². The number of alkyl halides is 3. The second-order valence-corrected chi connectivity index (χ2v) is 9.56. The maximum atomic E-state index is 14.8. The minimum Gasteiger partial charge on any atom is -0.356 e. The number of hydrogen-bond donors (Lipinski definition) is 1. The van der Waals surface area contributed by atoms with Crippen LogP contribution >= 0.6 is 0 Å². The number of nitrogens with zero attached hydrogens (tertiary/aromatic N) is 1. The van der Waals surface area contributed by atoms with Gasteiger partial charge in [0.25, 0.3) is 11.5 Å². The van der Waals surface area contributed by atoms with Crippen LogP contribution in [0.2, 0.25) is 0 Å². The second kappa shape index (κ2) is 11.6. The van der Waals surface area contributed by atoms with E-state index in [2.05, 4.69) is 10.3 Å². The fourth-order valence-corrected chi connectivity index (χ4v) is 4.99. The van der Waals surface area contributed by atoms with Crippen LogP contribution in [0.3, 0.4) is 0 Å². The van der Waals surface area contributed by atoms with Crippen molar-refractivity contribution in [3.63, 3.8) is 0 Å². The zero-order valence-corrected chi connectivity index (χ0v) is 21.8. The molecule has 1 N–H and O–H groups in total. The molecular formula is C31H27F5N2O2. The topological polar surface area (TPSA) is 51.2 Å². The molecule has 0 spiro atoms. The van der Waals surface area contributed by atoms with Gasteiger partial charge in [0.05, 0.1) is 17.3 Å². The van der Waals surface area contributed by atoms with Crippen LogP contribution in [0.15, 0.2) is 97.2 Å². The maximum absolute atomic E-state index is 14.8. The predicted molar refractivity (Wildman–Crippen MR) is 140 cm³/mol. The number of benzene rings is 3. The molecule has 1 aromatic heterocycles. The molecule has 0 radical (unpaired) electrons. The molecule has 0 saturated heterocycles. The molecular weight excluding hydrogens is 527 g/mol. The summed E-state index contributed by atoms with van der Waals surface area (Å²) in [5, 5.41) is 2.45. The molecule has 2 atom stereocenters. The van der Waals surface area contributed by atoms with Crippen molar-refractivity contribution in [1.82, 2.24) is 10.3 Å². The van der Waals surface area contributed by atoms with Gasteiger partial charge in [0.1, 0.15) is 11.6 Å². The van der Waals surface area contributed by atoms with Crippen molar-refractivity contribution in [3.8, 4) is 0 Å². The number of ether oxygens (including phenoxy) is 1. The second-order valence-electron chi connectivity index (χ2n) is 9.56. The summed E-state index contributed by atoms with van der Waals surface area (Å²) in [6.45, 7) is 1.24. The zero-order chi connectivity index (χ0) is 29.0. The Labute approximate surface area is 228 Å². The van der Waals surface area contributed by atoms with E-state index in [-0.39, 0.29) is 12.1 Å². The molecule has 0 saturated carbocycles. The average molecular weight is 555 g/mol. The van der Waals surface area contributed by atoms with E-state index in [1.807, 2.05) is 0 Å². The Bertz CT molecular complexity index is 1430. The number of hydrogen-bond acceptors (Lipinski definition) is 3. The number of carbonyl (C=O) groups excluding carboxylic acids is 1. The first-order chi connectivity index (χ1) is 19.0. The number of halogens is 5. The fourth-order valence-electron chi connectivity index (χ4n) is 4.99. The van der Waals surface area contributed by atoms with Gasteiger partial charge in [-0.3, -0.25) is 9.78 Å². The summed E-state index contributed by atoms with van der Waals surface area (Å²) in [4.78, 5) is 17.8. The molecule has 40 heavy (non-hydrogen) atoms. The molecule has 4 nitrogen and oxygen atoms in total. The predicted octanol–water partition coefficient (Wildman–Crippen LogP) is 6.42. The van der Waals surface area contributed by atoms with Crippen molar-refractivity contribution in [3.05, 3.63) is 137 Å². The lowest BCUT2D eigenvalue weighted by Gasteiger charge is -2.38. The van der Waals surface area contributed by atoms with Crippen molar-refractivity contribution in [2.24, 2.45) is 0 Å². The van der Waals surface area contributed by atoms with E-state index in [9.17, 15) is 26.7 Å². The van der Waals surface area contributed by atoms with Gasteiger partial charge in [-0.15, -0.1) is 0 Å². The van der Waals surface area contributed by atoms with Crippen LogP contribution in [0.4, 0.5) is 22.0 Å². The van der Waals surface area contributed by atoms with Crippen LogP contribution in [-0.2, 0) is 27.0 Å². The van der Waals surface area contributed by atoms with Crippen molar-refractivity contribution in [1.29, 1.82) is 0 Å². The molecule has 9 heteroatoms. The van der Waals surface area contributed by atoms with Crippen molar-refractivity contribution in [2.75, 3.05) is 13.7 Å². The lowest BCUT2D eigenvalue weighted by Crippen LogP contribution is -2.58. The largest absolute Gasteiger partial charge is 0.430 e. The summed E-state index contributed by atoms with van der Waals surface area (Å²) >= 11 is 0. The minimum atomic E-state index is -5.13. The quantitative estimate of drug-likeness (QED) is 0.243. The van der Waals surface area contributed by atoms with Gasteiger partial charge in [0.15, 0.2) is 0 Å². The smallest absolute Gasteiger partial charge is 0.356 e. The highest BCUT2D eigenvalue weighted by atomic mass is 19.4. The third kappa shape index (κ3) is 5.60. The van der Waals surface area contributed by atoms with E-state index in [0.29, 0.717) is 11.1 Å². The first-order valence-corrected chi connectivity index (χ1v) is 12.4. The Kier molecular flexibility index (Phi) is 8.34. The zero-order valence-electron chi connectivity index (χ0n) is 21.8. The number of amides is 1. The van der Waals surface area contributed by atoms with Gasteiger partial charge in [-0.1, -0.05) is 66.7 Å². The number of pyridine rings is 1. The first-order valence-electron chi connectivity index (χ1n) is 12.4. The van der Waals surface area contributed by atoms with E-state index in [4.69, 9.17) is 4.74 Å². The van der Waals surface area contributed by atoms with Gasteiger partial charge in [-0.2, -0.15) is 13.2 Å². The molecule has 0 aliphatic rings.